The summed E-state index contributed by atoms with van der Waals surface area (Å²) in [4.78, 5) is 11.4. The zero-order valence-electron chi connectivity index (χ0n) is 10.7. The Morgan fingerprint density at radius 3 is 2.59 bits per heavy atom. The third kappa shape index (κ3) is 6.77. The minimum atomic E-state index is -0.0583. The molecule has 0 aliphatic heterocycles. The van der Waals surface area contributed by atoms with Crippen molar-refractivity contribution < 1.29 is 9.53 Å². The summed E-state index contributed by atoms with van der Waals surface area (Å²) in [5, 5.41) is 0. The predicted octanol–water partition coefficient (Wildman–Crippen LogP) is 3.74. The highest BCUT2D eigenvalue weighted by Gasteiger charge is 2.02. The Labute approximate surface area is 104 Å². The molecule has 0 amide bonds. The largest absolute Gasteiger partial charge is 0.465 e. The zero-order chi connectivity index (χ0) is 12.3. The molecule has 0 unspecified atom stereocenters. The van der Waals surface area contributed by atoms with Crippen LogP contribution in [-0.2, 0) is 16.0 Å². The van der Waals surface area contributed by atoms with Gasteiger partial charge in [0.15, 0.2) is 0 Å². The Hall–Kier alpha value is -1.31. The van der Waals surface area contributed by atoms with E-state index < -0.39 is 0 Å². The lowest BCUT2D eigenvalue weighted by molar-refractivity contribution is -0.143. The quantitative estimate of drug-likeness (QED) is 0.506. The molecule has 0 heterocycles. The smallest absolute Gasteiger partial charge is 0.305 e. The molecule has 0 atom stereocenters. The molecule has 1 aromatic rings. The third-order valence-corrected chi connectivity index (χ3v) is 2.73. The molecular weight excluding hydrogens is 212 g/mol. The summed E-state index contributed by atoms with van der Waals surface area (Å²) >= 11 is 0. The van der Waals surface area contributed by atoms with Gasteiger partial charge in [-0.1, -0.05) is 56.5 Å². The van der Waals surface area contributed by atoms with Gasteiger partial charge in [-0.15, -0.1) is 0 Å². The van der Waals surface area contributed by atoms with Crippen LogP contribution in [0.3, 0.4) is 0 Å². The zero-order valence-corrected chi connectivity index (χ0v) is 10.7. The van der Waals surface area contributed by atoms with Crippen molar-refractivity contribution in [1.82, 2.24) is 0 Å². The monoisotopic (exact) mass is 234 g/mol. The fourth-order valence-corrected chi connectivity index (χ4v) is 1.70. The van der Waals surface area contributed by atoms with Gasteiger partial charge >= 0.3 is 5.97 Å². The van der Waals surface area contributed by atoms with E-state index in [1.807, 2.05) is 18.2 Å². The molecule has 0 fully saturated rings. The Morgan fingerprint density at radius 2 is 1.88 bits per heavy atom. The van der Waals surface area contributed by atoms with Crippen molar-refractivity contribution in [3.05, 3.63) is 35.9 Å². The Bertz CT molecular complexity index is 306. The Balaban J connectivity index is 2.04. The SMILES string of the molecule is CCCCCCC(=O)OCCc1ccccc1. The van der Waals surface area contributed by atoms with Gasteiger partial charge in [-0.2, -0.15) is 0 Å². The van der Waals surface area contributed by atoms with E-state index in [1.165, 1.54) is 18.4 Å². The van der Waals surface area contributed by atoms with Crippen molar-refractivity contribution in [2.45, 2.75) is 45.4 Å². The average Bonchev–Trinajstić information content (AvgIpc) is 2.36. The second kappa shape index (κ2) is 8.80. The maximum atomic E-state index is 11.4. The lowest BCUT2D eigenvalue weighted by atomic mass is 10.1. The van der Waals surface area contributed by atoms with Crippen LogP contribution in [0.4, 0.5) is 0 Å². The van der Waals surface area contributed by atoms with Crippen molar-refractivity contribution in [2.24, 2.45) is 0 Å². The first-order valence-electron chi connectivity index (χ1n) is 6.52. The van der Waals surface area contributed by atoms with E-state index in [2.05, 4.69) is 19.1 Å². The van der Waals surface area contributed by atoms with Gasteiger partial charge in [0.2, 0.25) is 0 Å². The van der Waals surface area contributed by atoms with E-state index in [1.54, 1.807) is 0 Å². The van der Waals surface area contributed by atoms with Crippen molar-refractivity contribution >= 4 is 5.97 Å². The van der Waals surface area contributed by atoms with Gasteiger partial charge in [-0.05, 0) is 12.0 Å². The van der Waals surface area contributed by atoms with E-state index in [0.717, 1.165) is 19.3 Å². The molecule has 0 saturated heterocycles. The number of carbonyl (C=O) groups excluding carboxylic acids is 1. The Morgan fingerprint density at radius 1 is 1.12 bits per heavy atom. The van der Waals surface area contributed by atoms with E-state index in [-0.39, 0.29) is 5.97 Å². The molecule has 1 aromatic carbocycles. The number of esters is 1. The van der Waals surface area contributed by atoms with Crippen LogP contribution in [-0.4, -0.2) is 12.6 Å². The van der Waals surface area contributed by atoms with Gasteiger partial charge in [0.1, 0.15) is 0 Å². The van der Waals surface area contributed by atoms with Crippen LogP contribution in [0.2, 0.25) is 0 Å². The first-order valence-corrected chi connectivity index (χ1v) is 6.52. The number of rotatable bonds is 8. The maximum Gasteiger partial charge on any atom is 0.305 e. The highest BCUT2D eigenvalue weighted by Crippen LogP contribution is 2.04. The Kier molecular flexibility index (Phi) is 7.12. The summed E-state index contributed by atoms with van der Waals surface area (Å²) < 4.78 is 5.19. The first kappa shape index (κ1) is 13.8. The number of hydrogen-bond donors (Lipinski definition) is 0. The summed E-state index contributed by atoms with van der Waals surface area (Å²) in [6.45, 7) is 2.66. The average molecular weight is 234 g/mol. The number of ether oxygens (including phenoxy) is 1. The number of hydrogen-bond acceptors (Lipinski definition) is 2. The van der Waals surface area contributed by atoms with Gasteiger partial charge in [-0.25, -0.2) is 0 Å². The molecule has 0 saturated carbocycles. The highest BCUT2D eigenvalue weighted by atomic mass is 16.5. The van der Waals surface area contributed by atoms with E-state index in [9.17, 15) is 4.79 Å². The second-order valence-electron chi connectivity index (χ2n) is 4.27. The molecular formula is C15H22O2. The second-order valence-corrected chi connectivity index (χ2v) is 4.27. The summed E-state index contributed by atoms with van der Waals surface area (Å²) in [5.74, 6) is -0.0583. The standard InChI is InChI=1S/C15H22O2/c1-2-3-4-8-11-15(16)17-13-12-14-9-6-5-7-10-14/h5-7,9-10H,2-4,8,11-13H2,1H3. The predicted molar refractivity (Wildman–Crippen MR) is 69.9 cm³/mol. The fraction of sp³-hybridized carbons (Fsp3) is 0.533. The first-order chi connectivity index (χ1) is 8.33. The summed E-state index contributed by atoms with van der Waals surface area (Å²) in [7, 11) is 0. The summed E-state index contributed by atoms with van der Waals surface area (Å²) in [6, 6.07) is 10.1. The molecule has 94 valence electrons. The van der Waals surface area contributed by atoms with Crippen LogP contribution >= 0.6 is 0 Å². The minimum Gasteiger partial charge on any atom is -0.465 e. The fourth-order valence-electron chi connectivity index (χ4n) is 1.70. The van der Waals surface area contributed by atoms with Crippen LogP contribution in [0.1, 0.15) is 44.6 Å². The molecule has 2 nitrogen and oxygen atoms in total. The van der Waals surface area contributed by atoms with Gasteiger partial charge in [-0.3, -0.25) is 4.79 Å². The van der Waals surface area contributed by atoms with Gasteiger partial charge in [0, 0.05) is 12.8 Å². The maximum absolute atomic E-state index is 11.4. The lowest BCUT2D eigenvalue weighted by Crippen LogP contribution is -2.07. The van der Waals surface area contributed by atoms with Gasteiger partial charge in [0.25, 0.3) is 0 Å². The van der Waals surface area contributed by atoms with Crippen LogP contribution in [0, 0.1) is 0 Å². The van der Waals surface area contributed by atoms with Gasteiger partial charge in [0.05, 0.1) is 6.61 Å². The van der Waals surface area contributed by atoms with Crippen molar-refractivity contribution in [3.63, 3.8) is 0 Å². The molecule has 17 heavy (non-hydrogen) atoms. The third-order valence-electron chi connectivity index (χ3n) is 2.73. The molecule has 2 heteroatoms. The summed E-state index contributed by atoms with van der Waals surface area (Å²) in [5.41, 5.74) is 1.21. The van der Waals surface area contributed by atoms with Crippen LogP contribution in [0.5, 0.6) is 0 Å². The van der Waals surface area contributed by atoms with E-state index in [0.29, 0.717) is 13.0 Å². The van der Waals surface area contributed by atoms with Crippen LogP contribution in [0.25, 0.3) is 0 Å². The normalized spacial score (nSPS) is 10.2. The minimum absolute atomic E-state index is 0.0583. The van der Waals surface area contributed by atoms with E-state index >= 15 is 0 Å². The molecule has 0 N–H and O–H groups in total. The van der Waals surface area contributed by atoms with Crippen molar-refractivity contribution in [2.75, 3.05) is 6.61 Å². The van der Waals surface area contributed by atoms with Crippen molar-refractivity contribution in [3.8, 4) is 0 Å². The summed E-state index contributed by atoms with van der Waals surface area (Å²) in [6.07, 6.45) is 5.86. The van der Waals surface area contributed by atoms with Crippen molar-refractivity contribution in [1.29, 1.82) is 0 Å². The molecule has 0 aliphatic rings. The van der Waals surface area contributed by atoms with E-state index in [4.69, 9.17) is 4.74 Å². The molecule has 0 aliphatic carbocycles. The molecule has 0 aromatic heterocycles. The molecule has 0 radical (unpaired) electrons. The van der Waals surface area contributed by atoms with Gasteiger partial charge < -0.3 is 4.74 Å². The lowest BCUT2D eigenvalue weighted by Gasteiger charge is -2.04. The van der Waals surface area contributed by atoms with Crippen LogP contribution < -0.4 is 0 Å². The van der Waals surface area contributed by atoms with Crippen LogP contribution in [0.15, 0.2) is 30.3 Å². The molecule has 1 rings (SSSR count). The molecule has 0 bridgehead atoms. The topological polar surface area (TPSA) is 26.3 Å². The number of unbranched alkanes of at least 4 members (excludes halogenated alkanes) is 3. The highest BCUT2D eigenvalue weighted by molar-refractivity contribution is 5.69. The number of benzene rings is 1. The molecule has 0 spiro atoms. The number of carbonyl (C=O) groups is 1.